The van der Waals surface area contributed by atoms with Crippen LogP contribution in [0.25, 0.3) is 11.3 Å². The van der Waals surface area contributed by atoms with Crippen molar-refractivity contribution in [2.75, 3.05) is 18.1 Å². The standard InChI is InChI=1S/C22H18BrN3O2S/c23-18-9-7-16(8-10-18)20-14-29-22(25-20)26(13-19-2-1-11-28-19)21(27)17-5-3-15(12-24)4-6-17/h3-10,14,19H,1-2,11,13H2/t19-/m1/s1. The van der Waals surface area contributed by atoms with Gasteiger partial charge in [-0.1, -0.05) is 28.1 Å². The second-order valence-electron chi connectivity index (χ2n) is 6.76. The zero-order valence-electron chi connectivity index (χ0n) is 15.5. The number of nitriles is 1. The number of benzene rings is 2. The molecule has 0 saturated carbocycles. The van der Waals surface area contributed by atoms with E-state index < -0.39 is 0 Å². The van der Waals surface area contributed by atoms with Crippen LogP contribution in [-0.4, -0.2) is 30.1 Å². The van der Waals surface area contributed by atoms with Crippen molar-refractivity contribution in [2.45, 2.75) is 18.9 Å². The van der Waals surface area contributed by atoms with E-state index in [1.54, 1.807) is 29.2 Å². The van der Waals surface area contributed by atoms with Gasteiger partial charge in [-0.15, -0.1) is 11.3 Å². The van der Waals surface area contributed by atoms with Gasteiger partial charge in [-0.25, -0.2) is 4.98 Å². The largest absolute Gasteiger partial charge is 0.376 e. The lowest BCUT2D eigenvalue weighted by atomic mass is 10.1. The summed E-state index contributed by atoms with van der Waals surface area (Å²) < 4.78 is 6.77. The van der Waals surface area contributed by atoms with Crippen LogP contribution in [0.5, 0.6) is 0 Å². The van der Waals surface area contributed by atoms with Gasteiger partial charge in [0.05, 0.1) is 30.0 Å². The van der Waals surface area contributed by atoms with Gasteiger partial charge < -0.3 is 4.74 Å². The third-order valence-electron chi connectivity index (χ3n) is 4.78. The number of halogens is 1. The Bertz CT molecular complexity index is 1040. The van der Waals surface area contributed by atoms with Crippen LogP contribution in [-0.2, 0) is 4.74 Å². The van der Waals surface area contributed by atoms with Crippen molar-refractivity contribution < 1.29 is 9.53 Å². The number of amides is 1. The van der Waals surface area contributed by atoms with Gasteiger partial charge in [-0.05, 0) is 49.2 Å². The highest BCUT2D eigenvalue weighted by Crippen LogP contribution is 2.30. The smallest absolute Gasteiger partial charge is 0.260 e. The number of hydrogen-bond acceptors (Lipinski definition) is 5. The number of aromatic nitrogens is 1. The fourth-order valence-corrected chi connectivity index (χ4v) is 4.33. The van der Waals surface area contributed by atoms with E-state index in [1.807, 2.05) is 29.6 Å². The minimum atomic E-state index is -0.137. The summed E-state index contributed by atoms with van der Waals surface area (Å²) in [5.41, 5.74) is 2.89. The maximum atomic E-state index is 13.3. The second kappa shape index (κ2) is 8.87. The first kappa shape index (κ1) is 19.8. The lowest BCUT2D eigenvalue weighted by molar-refractivity contribution is 0.0917. The third-order valence-corrected chi connectivity index (χ3v) is 6.17. The molecule has 7 heteroatoms. The Kier molecular flexibility index (Phi) is 6.05. The zero-order chi connectivity index (χ0) is 20.2. The molecule has 29 heavy (non-hydrogen) atoms. The van der Waals surface area contributed by atoms with Crippen LogP contribution in [0.4, 0.5) is 5.13 Å². The number of nitrogens with zero attached hydrogens (tertiary/aromatic N) is 3. The summed E-state index contributed by atoms with van der Waals surface area (Å²) in [5.74, 6) is -0.137. The third kappa shape index (κ3) is 4.56. The van der Waals surface area contributed by atoms with Gasteiger partial charge in [0.1, 0.15) is 0 Å². The maximum Gasteiger partial charge on any atom is 0.260 e. The molecule has 4 rings (SSSR count). The molecule has 3 aromatic rings. The molecular formula is C22H18BrN3O2S. The van der Waals surface area contributed by atoms with E-state index in [1.165, 1.54) is 11.3 Å². The Balaban J connectivity index is 1.63. The Morgan fingerprint density at radius 3 is 2.66 bits per heavy atom. The zero-order valence-corrected chi connectivity index (χ0v) is 17.9. The summed E-state index contributed by atoms with van der Waals surface area (Å²) in [7, 11) is 0. The maximum absolute atomic E-state index is 13.3. The Morgan fingerprint density at radius 1 is 1.24 bits per heavy atom. The van der Waals surface area contributed by atoms with E-state index in [-0.39, 0.29) is 12.0 Å². The first-order chi connectivity index (χ1) is 14.1. The molecule has 1 fully saturated rings. The lowest BCUT2D eigenvalue weighted by Crippen LogP contribution is -2.37. The van der Waals surface area contributed by atoms with E-state index in [2.05, 4.69) is 22.0 Å². The van der Waals surface area contributed by atoms with Crippen molar-refractivity contribution in [2.24, 2.45) is 0 Å². The van der Waals surface area contributed by atoms with Crippen LogP contribution in [0.2, 0.25) is 0 Å². The molecule has 1 aliphatic heterocycles. The topological polar surface area (TPSA) is 66.2 Å². The monoisotopic (exact) mass is 467 g/mol. The molecule has 2 aromatic carbocycles. The molecule has 0 aliphatic carbocycles. The average Bonchev–Trinajstić information content (AvgIpc) is 3.44. The molecule has 0 radical (unpaired) electrons. The van der Waals surface area contributed by atoms with E-state index >= 15 is 0 Å². The molecule has 0 N–H and O–H groups in total. The summed E-state index contributed by atoms with van der Waals surface area (Å²) in [6.45, 7) is 1.19. The lowest BCUT2D eigenvalue weighted by Gasteiger charge is -2.23. The highest BCUT2D eigenvalue weighted by molar-refractivity contribution is 9.10. The molecule has 1 aliphatic rings. The Labute approximate surface area is 181 Å². The molecule has 146 valence electrons. The number of anilines is 1. The summed E-state index contributed by atoms with van der Waals surface area (Å²) in [4.78, 5) is 19.7. The van der Waals surface area contributed by atoms with Crippen molar-refractivity contribution in [3.63, 3.8) is 0 Å². The average molecular weight is 468 g/mol. The number of carbonyl (C=O) groups is 1. The molecule has 0 bridgehead atoms. The van der Waals surface area contributed by atoms with E-state index in [0.717, 1.165) is 35.2 Å². The SMILES string of the molecule is N#Cc1ccc(C(=O)N(C[C@H]2CCCO2)c2nc(-c3ccc(Br)cc3)cs2)cc1. The predicted molar refractivity (Wildman–Crippen MR) is 117 cm³/mol. The van der Waals surface area contributed by atoms with Gasteiger partial charge in [0.25, 0.3) is 5.91 Å². The molecular weight excluding hydrogens is 450 g/mol. The summed E-state index contributed by atoms with van der Waals surface area (Å²) >= 11 is 4.89. The van der Waals surface area contributed by atoms with Crippen LogP contribution in [0.15, 0.2) is 58.4 Å². The van der Waals surface area contributed by atoms with Gasteiger partial charge in [0.15, 0.2) is 5.13 Å². The number of thiazole rings is 1. The van der Waals surface area contributed by atoms with Crippen molar-refractivity contribution in [1.82, 2.24) is 4.98 Å². The fraction of sp³-hybridized carbons (Fsp3) is 0.227. The summed E-state index contributed by atoms with van der Waals surface area (Å²) in [6.07, 6.45) is 1.95. The first-order valence-electron chi connectivity index (χ1n) is 9.29. The van der Waals surface area contributed by atoms with Crippen molar-refractivity contribution in [3.8, 4) is 17.3 Å². The quantitative estimate of drug-likeness (QED) is 0.512. The number of hydrogen-bond donors (Lipinski definition) is 0. The molecule has 0 unspecified atom stereocenters. The minimum Gasteiger partial charge on any atom is -0.376 e. The number of carbonyl (C=O) groups excluding carboxylic acids is 1. The van der Waals surface area contributed by atoms with Crippen LogP contribution < -0.4 is 4.90 Å². The van der Waals surface area contributed by atoms with Crippen molar-refractivity contribution >= 4 is 38.3 Å². The van der Waals surface area contributed by atoms with Crippen LogP contribution in [0.1, 0.15) is 28.8 Å². The van der Waals surface area contributed by atoms with Gasteiger partial charge >= 0.3 is 0 Å². The molecule has 0 spiro atoms. The van der Waals surface area contributed by atoms with Crippen LogP contribution >= 0.6 is 27.3 Å². The van der Waals surface area contributed by atoms with E-state index in [9.17, 15) is 4.79 Å². The highest BCUT2D eigenvalue weighted by Gasteiger charge is 2.27. The molecule has 1 aromatic heterocycles. The predicted octanol–water partition coefficient (Wildman–Crippen LogP) is 5.27. The Morgan fingerprint density at radius 2 is 2.00 bits per heavy atom. The summed E-state index contributed by atoms with van der Waals surface area (Å²) in [5, 5.41) is 11.6. The van der Waals surface area contributed by atoms with E-state index in [0.29, 0.717) is 22.8 Å². The van der Waals surface area contributed by atoms with Crippen molar-refractivity contribution in [1.29, 1.82) is 5.26 Å². The fourth-order valence-electron chi connectivity index (χ4n) is 3.22. The molecule has 1 amide bonds. The minimum absolute atomic E-state index is 0.0114. The first-order valence-corrected chi connectivity index (χ1v) is 11.0. The number of rotatable bonds is 5. The second-order valence-corrected chi connectivity index (χ2v) is 8.51. The molecule has 2 heterocycles. The van der Waals surface area contributed by atoms with E-state index in [4.69, 9.17) is 15.0 Å². The van der Waals surface area contributed by atoms with Crippen LogP contribution in [0.3, 0.4) is 0 Å². The molecule has 5 nitrogen and oxygen atoms in total. The van der Waals surface area contributed by atoms with Crippen molar-refractivity contribution in [3.05, 3.63) is 69.5 Å². The number of ether oxygens (including phenoxy) is 1. The van der Waals surface area contributed by atoms with Gasteiger partial charge in [0.2, 0.25) is 0 Å². The Hall–Kier alpha value is -2.53. The molecule has 1 saturated heterocycles. The normalized spacial score (nSPS) is 15.8. The molecule has 1 atom stereocenters. The van der Waals surface area contributed by atoms with Gasteiger partial charge in [-0.2, -0.15) is 5.26 Å². The van der Waals surface area contributed by atoms with Gasteiger partial charge in [0, 0.05) is 27.6 Å². The summed E-state index contributed by atoms with van der Waals surface area (Å²) in [6, 6.07) is 16.7. The van der Waals surface area contributed by atoms with Gasteiger partial charge in [-0.3, -0.25) is 9.69 Å². The highest BCUT2D eigenvalue weighted by atomic mass is 79.9. The van der Waals surface area contributed by atoms with Crippen LogP contribution in [0, 0.1) is 11.3 Å².